The second-order valence-electron chi connectivity index (χ2n) is 4.33. The maximum absolute atomic E-state index is 12.1. The SMILES string of the molecule is Cn1c(=O)c(C(=O)NCC(=O)O)c(O)c2cc(Cl)ccc21. The zero-order valence-electron chi connectivity index (χ0n) is 10.9. The number of carboxylic acid groups (broad SMARTS) is 1. The Hall–Kier alpha value is -2.54. The highest BCUT2D eigenvalue weighted by Crippen LogP contribution is 2.28. The van der Waals surface area contributed by atoms with Gasteiger partial charge in [-0.2, -0.15) is 0 Å². The summed E-state index contributed by atoms with van der Waals surface area (Å²) in [6.45, 7) is -0.658. The molecule has 1 aromatic carbocycles. The molecule has 2 rings (SSSR count). The molecule has 0 radical (unpaired) electrons. The van der Waals surface area contributed by atoms with Crippen LogP contribution in [-0.4, -0.2) is 33.2 Å². The van der Waals surface area contributed by atoms with E-state index in [0.717, 1.165) is 0 Å². The summed E-state index contributed by atoms with van der Waals surface area (Å²) >= 11 is 5.84. The van der Waals surface area contributed by atoms with Crippen LogP contribution in [0.5, 0.6) is 5.75 Å². The first-order valence-electron chi connectivity index (χ1n) is 5.84. The third kappa shape index (κ3) is 2.68. The summed E-state index contributed by atoms with van der Waals surface area (Å²) < 4.78 is 1.18. The van der Waals surface area contributed by atoms with Crippen LogP contribution in [0.25, 0.3) is 10.9 Å². The van der Waals surface area contributed by atoms with Gasteiger partial charge in [-0.05, 0) is 18.2 Å². The number of hydrogen-bond acceptors (Lipinski definition) is 4. The summed E-state index contributed by atoms with van der Waals surface area (Å²) in [7, 11) is 1.44. The van der Waals surface area contributed by atoms with Gasteiger partial charge in [-0.1, -0.05) is 11.6 Å². The van der Waals surface area contributed by atoms with E-state index in [1.165, 1.54) is 23.7 Å². The monoisotopic (exact) mass is 310 g/mol. The third-order valence-corrected chi connectivity index (χ3v) is 3.19. The summed E-state index contributed by atoms with van der Waals surface area (Å²) in [5, 5.41) is 21.3. The van der Waals surface area contributed by atoms with Crippen LogP contribution in [0.4, 0.5) is 0 Å². The number of halogens is 1. The molecule has 0 saturated carbocycles. The Balaban J connectivity index is 2.66. The van der Waals surface area contributed by atoms with Crippen LogP contribution in [0.15, 0.2) is 23.0 Å². The molecule has 110 valence electrons. The zero-order chi connectivity index (χ0) is 15.7. The number of rotatable bonds is 3. The predicted octanol–water partition coefficient (Wildman–Crippen LogP) is 0.712. The van der Waals surface area contributed by atoms with Gasteiger partial charge in [0.15, 0.2) is 0 Å². The Labute approximate surface area is 123 Å². The number of aliphatic carboxylic acids is 1. The highest BCUT2D eigenvalue weighted by atomic mass is 35.5. The molecule has 21 heavy (non-hydrogen) atoms. The number of carbonyl (C=O) groups is 2. The first kappa shape index (κ1) is 14.9. The highest BCUT2D eigenvalue weighted by Gasteiger charge is 2.21. The highest BCUT2D eigenvalue weighted by molar-refractivity contribution is 6.31. The molecule has 0 fully saturated rings. The zero-order valence-corrected chi connectivity index (χ0v) is 11.6. The minimum atomic E-state index is -1.26. The molecule has 0 aliphatic rings. The second kappa shape index (κ2) is 5.45. The molecule has 0 unspecified atom stereocenters. The van der Waals surface area contributed by atoms with Crippen molar-refractivity contribution in [2.75, 3.05) is 6.54 Å². The molecule has 3 N–H and O–H groups in total. The molecule has 1 heterocycles. The van der Waals surface area contributed by atoms with Crippen molar-refractivity contribution in [3.05, 3.63) is 39.1 Å². The fourth-order valence-corrected chi connectivity index (χ4v) is 2.12. The number of nitrogens with zero attached hydrogens (tertiary/aromatic N) is 1. The molecule has 1 aromatic heterocycles. The second-order valence-corrected chi connectivity index (χ2v) is 4.76. The standard InChI is InChI=1S/C13H11ClN2O5/c1-16-8-3-2-6(14)4-7(8)11(19)10(13(16)21)12(20)15-5-9(17)18/h2-4,19H,5H2,1H3,(H,15,20)(H,17,18). The quantitative estimate of drug-likeness (QED) is 0.773. The van der Waals surface area contributed by atoms with Crippen molar-refractivity contribution in [3.63, 3.8) is 0 Å². The Morgan fingerprint density at radius 3 is 2.67 bits per heavy atom. The van der Waals surface area contributed by atoms with Gasteiger partial charge in [-0.15, -0.1) is 0 Å². The van der Waals surface area contributed by atoms with Crippen LogP contribution in [0, 0.1) is 0 Å². The van der Waals surface area contributed by atoms with Gasteiger partial charge in [0, 0.05) is 17.5 Å². The minimum absolute atomic E-state index is 0.227. The maximum Gasteiger partial charge on any atom is 0.322 e. The number of pyridine rings is 1. The van der Waals surface area contributed by atoms with E-state index in [2.05, 4.69) is 0 Å². The number of aromatic nitrogens is 1. The fraction of sp³-hybridized carbons (Fsp3) is 0.154. The minimum Gasteiger partial charge on any atom is -0.506 e. The van der Waals surface area contributed by atoms with Crippen molar-refractivity contribution in [1.82, 2.24) is 9.88 Å². The third-order valence-electron chi connectivity index (χ3n) is 2.96. The molecule has 0 aliphatic heterocycles. The van der Waals surface area contributed by atoms with Gasteiger partial charge in [0.25, 0.3) is 11.5 Å². The van der Waals surface area contributed by atoms with E-state index >= 15 is 0 Å². The van der Waals surface area contributed by atoms with Gasteiger partial charge < -0.3 is 20.1 Å². The Bertz CT molecular complexity index is 812. The number of aryl methyl sites for hydroxylation is 1. The molecule has 1 amide bonds. The molecule has 0 aliphatic carbocycles. The van der Waals surface area contributed by atoms with Crippen molar-refractivity contribution in [2.45, 2.75) is 0 Å². The summed E-state index contributed by atoms with van der Waals surface area (Å²) in [5.41, 5.74) is -0.851. The molecule has 0 saturated heterocycles. The van der Waals surface area contributed by atoms with Gasteiger partial charge in [-0.3, -0.25) is 14.4 Å². The van der Waals surface area contributed by atoms with Crippen molar-refractivity contribution in [3.8, 4) is 5.75 Å². The normalized spacial score (nSPS) is 10.6. The smallest absolute Gasteiger partial charge is 0.322 e. The van der Waals surface area contributed by atoms with Crippen LogP contribution >= 0.6 is 11.6 Å². The average molecular weight is 311 g/mol. The molecule has 7 nitrogen and oxygen atoms in total. The molecule has 0 spiro atoms. The number of fused-ring (bicyclic) bond motifs is 1. The molecular formula is C13H11ClN2O5. The first-order valence-corrected chi connectivity index (χ1v) is 6.22. The molecule has 0 atom stereocenters. The van der Waals surface area contributed by atoms with Gasteiger partial charge in [0.2, 0.25) is 0 Å². The maximum atomic E-state index is 12.1. The van der Waals surface area contributed by atoms with Gasteiger partial charge in [-0.25, -0.2) is 0 Å². The number of nitrogens with one attached hydrogen (secondary N) is 1. The van der Waals surface area contributed by atoms with E-state index in [1.54, 1.807) is 6.07 Å². The number of benzene rings is 1. The Morgan fingerprint density at radius 2 is 2.05 bits per heavy atom. The van der Waals surface area contributed by atoms with Crippen LogP contribution in [0.2, 0.25) is 5.02 Å². The van der Waals surface area contributed by atoms with E-state index in [0.29, 0.717) is 10.5 Å². The Kier molecular flexibility index (Phi) is 3.86. The lowest BCUT2D eigenvalue weighted by Gasteiger charge is -2.11. The van der Waals surface area contributed by atoms with Crippen LogP contribution in [0.3, 0.4) is 0 Å². The van der Waals surface area contributed by atoms with E-state index in [9.17, 15) is 19.5 Å². The number of hydrogen-bond donors (Lipinski definition) is 3. The van der Waals surface area contributed by atoms with Crippen molar-refractivity contribution >= 4 is 34.4 Å². The number of amides is 1. The van der Waals surface area contributed by atoms with Gasteiger partial charge in [0.1, 0.15) is 17.9 Å². The van der Waals surface area contributed by atoms with Crippen molar-refractivity contribution in [2.24, 2.45) is 7.05 Å². The van der Waals surface area contributed by atoms with Crippen molar-refractivity contribution < 1.29 is 19.8 Å². The fourth-order valence-electron chi connectivity index (χ4n) is 1.95. The predicted molar refractivity (Wildman–Crippen MR) is 75.8 cm³/mol. The van der Waals surface area contributed by atoms with Crippen molar-refractivity contribution in [1.29, 1.82) is 0 Å². The van der Waals surface area contributed by atoms with Gasteiger partial charge in [0.05, 0.1) is 5.52 Å². The number of carbonyl (C=O) groups excluding carboxylic acids is 1. The largest absolute Gasteiger partial charge is 0.506 e. The lowest BCUT2D eigenvalue weighted by Crippen LogP contribution is -2.35. The molecule has 2 aromatic rings. The molecule has 8 heteroatoms. The summed E-state index contributed by atoms with van der Waals surface area (Å²) in [4.78, 5) is 34.5. The topological polar surface area (TPSA) is 109 Å². The van der Waals surface area contributed by atoms with E-state index in [4.69, 9.17) is 16.7 Å². The van der Waals surface area contributed by atoms with Crippen LogP contribution < -0.4 is 10.9 Å². The summed E-state index contributed by atoms with van der Waals surface area (Å²) in [6.07, 6.45) is 0. The summed E-state index contributed by atoms with van der Waals surface area (Å²) in [5.74, 6) is -2.75. The van der Waals surface area contributed by atoms with E-state index in [1.807, 2.05) is 5.32 Å². The lowest BCUT2D eigenvalue weighted by molar-refractivity contribution is -0.135. The van der Waals surface area contributed by atoms with E-state index < -0.39 is 35.3 Å². The first-order chi connectivity index (χ1) is 9.82. The van der Waals surface area contributed by atoms with E-state index in [-0.39, 0.29) is 5.39 Å². The summed E-state index contributed by atoms with van der Waals surface area (Å²) in [6, 6.07) is 4.50. The Morgan fingerprint density at radius 1 is 1.38 bits per heavy atom. The van der Waals surface area contributed by atoms with Crippen LogP contribution in [-0.2, 0) is 11.8 Å². The molecular weight excluding hydrogens is 300 g/mol. The number of carboxylic acids is 1. The average Bonchev–Trinajstić information content (AvgIpc) is 2.43. The van der Waals surface area contributed by atoms with Crippen LogP contribution in [0.1, 0.15) is 10.4 Å². The lowest BCUT2D eigenvalue weighted by atomic mass is 10.1. The van der Waals surface area contributed by atoms with Gasteiger partial charge >= 0.3 is 5.97 Å². The number of aromatic hydroxyl groups is 1. The molecule has 0 bridgehead atoms.